The van der Waals surface area contributed by atoms with Gasteiger partial charge in [0.2, 0.25) is 0 Å². The van der Waals surface area contributed by atoms with Crippen molar-refractivity contribution in [3.05, 3.63) is 0 Å². The summed E-state index contributed by atoms with van der Waals surface area (Å²) in [5, 5.41) is 10.2. The number of rotatable bonds is 19. The molecule has 0 aromatic carbocycles. The molecule has 28 heavy (non-hydrogen) atoms. The number of ether oxygens (including phenoxy) is 1. The van der Waals surface area contributed by atoms with E-state index in [0.29, 0.717) is 18.9 Å². The zero-order valence-corrected chi connectivity index (χ0v) is 18.7. The van der Waals surface area contributed by atoms with Gasteiger partial charge < -0.3 is 25.6 Å². The maximum absolute atomic E-state index is 11.1. The van der Waals surface area contributed by atoms with Gasteiger partial charge in [-0.1, -0.05) is 0 Å². The Hall–Kier alpha value is -1.06. The molecule has 0 atom stereocenters. The largest absolute Gasteiger partial charge is 0.469 e. The van der Waals surface area contributed by atoms with Crippen LogP contribution in [0.1, 0.15) is 33.6 Å². The van der Waals surface area contributed by atoms with Crippen LogP contribution >= 0.6 is 0 Å². The highest BCUT2D eigenvalue weighted by atomic mass is 16.5. The minimum atomic E-state index is -0.159. The number of ketones is 1. The Labute approximate surface area is 171 Å². The van der Waals surface area contributed by atoms with E-state index in [2.05, 4.69) is 44.3 Å². The van der Waals surface area contributed by atoms with Gasteiger partial charge in [0.25, 0.3) is 0 Å². The Bertz CT molecular complexity index is 407. The Morgan fingerprint density at radius 3 is 1.89 bits per heavy atom. The van der Waals surface area contributed by atoms with Gasteiger partial charge in [0.05, 0.1) is 13.5 Å². The molecule has 8 nitrogen and oxygen atoms in total. The van der Waals surface area contributed by atoms with Crippen LogP contribution in [-0.4, -0.2) is 107 Å². The van der Waals surface area contributed by atoms with Gasteiger partial charge in [0.15, 0.2) is 0 Å². The molecule has 0 aromatic heterocycles. The van der Waals surface area contributed by atoms with E-state index in [1.54, 1.807) is 6.92 Å². The molecule has 0 fully saturated rings. The minimum Gasteiger partial charge on any atom is -0.469 e. The number of hydrogen-bond donors (Lipinski definition) is 3. The lowest BCUT2D eigenvalue weighted by Crippen LogP contribution is -2.42. The number of carbonyl (C=O) groups excluding carboxylic acids is 2. The zero-order valence-electron chi connectivity index (χ0n) is 18.7. The summed E-state index contributed by atoms with van der Waals surface area (Å²) in [5.74, 6) is 0.0716. The summed E-state index contributed by atoms with van der Waals surface area (Å²) in [6.45, 7) is 15.1. The fourth-order valence-electron chi connectivity index (χ4n) is 2.66. The summed E-state index contributed by atoms with van der Waals surface area (Å²) >= 11 is 0. The van der Waals surface area contributed by atoms with Crippen molar-refractivity contribution in [1.29, 1.82) is 0 Å². The van der Waals surface area contributed by atoms with Crippen LogP contribution in [0, 0.1) is 0 Å². The fourth-order valence-corrected chi connectivity index (χ4v) is 2.66. The normalized spacial score (nSPS) is 11.6. The summed E-state index contributed by atoms with van der Waals surface area (Å²) in [6.07, 6.45) is 1.04. The standard InChI is InChI=1S/C20H43N5O3/c1-18(2)25(16-12-22-10-9-21-8-6-19(3)26)17-13-23-11-15-24(4)14-7-20(27)28-5/h18,21-23H,6-17H2,1-5H3. The van der Waals surface area contributed by atoms with Gasteiger partial charge in [0.1, 0.15) is 5.78 Å². The molecule has 0 saturated carbocycles. The van der Waals surface area contributed by atoms with E-state index < -0.39 is 0 Å². The van der Waals surface area contributed by atoms with Crippen LogP contribution in [0.5, 0.6) is 0 Å². The highest BCUT2D eigenvalue weighted by Gasteiger charge is 2.08. The van der Waals surface area contributed by atoms with E-state index in [1.165, 1.54) is 7.11 Å². The summed E-state index contributed by atoms with van der Waals surface area (Å²) in [5.41, 5.74) is 0. The lowest BCUT2D eigenvalue weighted by atomic mass is 10.3. The topological polar surface area (TPSA) is 85.9 Å². The number of nitrogens with one attached hydrogen (secondary N) is 3. The number of Topliss-reactive ketones (excluding diaryl/α,β-unsaturated/α-hetero) is 1. The first-order valence-corrected chi connectivity index (χ1v) is 10.5. The molecule has 0 heterocycles. The molecule has 0 unspecified atom stereocenters. The molecular weight excluding hydrogens is 358 g/mol. The van der Waals surface area contributed by atoms with Crippen LogP contribution in [-0.2, 0) is 14.3 Å². The number of likely N-dealkylation sites (N-methyl/N-ethyl adjacent to an activating group) is 1. The van der Waals surface area contributed by atoms with Crippen LogP contribution in [0.3, 0.4) is 0 Å². The second-order valence-corrected chi connectivity index (χ2v) is 7.46. The van der Waals surface area contributed by atoms with E-state index in [0.717, 1.165) is 65.4 Å². The summed E-state index contributed by atoms with van der Waals surface area (Å²) in [6, 6.07) is 0.514. The average Bonchev–Trinajstić information content (AvgIpc) is 2.65. The maximum atomic E-state index is 11.1. The number of carbonyl (C=O) groups is 2. The van der Waals surface area contributed by atoms with Crippen molar-refractivity contribution in [2.24, 2.45) is 0 Å². The Balaban J connectivity index is 3.67. The molecule has 0 aromatic rings. The van der Waals surface area contributed by atoms with Gasteiger partial charge in [0, 0.05) is 77.9 Å². The first kappa shape index (κ1) is 26.9. The Morgan fingerprint density at radius 2 is 1.36 bits per heavy atom. The monoisotopic (exact) mass is 401 g/mol. The number of methoxy groups -OCH3 is 1. The first-order chi connectivity index (χ1) is 13.4. The highest BCUT2D eigenvalue weighted by molar-refractivity contribution is 5.75. The van der Waals surface area contributed by atoms with E-state index in [1.807, 2.05) is 7.05 Å². The zero-order chi connectivity index (χ0) is 21.2. The molecule has 0 bridgehead atoms. The number of esters is 1. The Kier molecular flexibility index (Phi) is 17.3. The van der Waals surface area contributed by atoms with E-state index in [9.17, 15) is 9.59 Å². The fraction of sp³-hybridized carbons (Fsp3) is 0.900. The summed E-state index contributed by atoms with van der Waals surface area (Å²) in [7, 11) is 3.44. The van der Waals surface area contributed by atoms with Crippen LogP contribution in [0.25, 0.3) is 0 Å². The minimum absolute atomic E-state index is 0.159. The van der Waals surface area contributed by atoms with Crippen molar-refractivity contribution >= 4 is 11.8 Å². The smallest absolute Gasteiger partial charge is 0.306 e. The molecule has 166 valence electrons. The third-order valence-electron chi connectivity index (χ3n) is 4.61. The second-order valence-electron chi connectivity index (χ2n) is 7.46. The van der Waals surface area contributed by atoms with Crippen molar-refractivity contribution < 1.29 is 14.3 Å². The van der Waals surface area contributed by atoms with Crippen molar-refractivity contribution in [2.75, 3.05) is 79.6 Å². The van der Waals surface area contributed by atoms with Gasteiger partial charge in [-0.15, -0.1) is 0 Å². The van der Waals surface area contributed by atoms with E-state index in [-0.39, 0.29) is 11.8 Å². The first-order valence-electron chi connectivity index (χ1n) is 10.5. The average molecular weight is 402 g/mol. The third-order valence-corrected chi connectivity index (χ3v) is 4.61. The van der Waals surface area contributed by atoms with E-state index >= 15 is 0 Å². The molecule has 0 amide bonds. The maximum Gasteiger partial charge on any atom is 0.306 e. The Morgan fingerprint density at radius 1 is 0.821 bits per heavy atom. The third kappa shape index (κ3) is 17.1. The van der Waals surface area contributed by atoms with Crippen molar-refractivity contribution in [1.82, 2.24) is 25.8 Å². The van der Waals surface area contributed by atoms with Crippen LogP contribution in [0.4, 0.5) is 0 Å². The molecule has 0 saturated heterocycles. The lowest BCUT2D eigenvalue weighted by molar-refractivity contribution is -0.140. The number of nitrogens with zero attached hydrogens (tertiary/aromatic N) is 2. The lowest BCUT2D eigenvalue weighted by Gasteiger charge is -2.27. The second kappa shape index (κ2) is 18.0. The van der Waals surface area contributed by atoms with E-state index in [4.69, 9.17) is 0 Å². The van der Waals surface area contributed by atoms with Gasteiger partial charge in [-0.05, 0) is 27.8 Å². The molecule has 0 aliphatic rings. The molecule has 3 N–H and O–H groups in total. The van der Waals surface area contributed by atoms with Crippen LogP contribution in [0.2, 0.25) is 0 Å². The molecule has 0 aliphatic carbocycles. The van der Waals surface area contributed by atoms with Gasteiger partial charge >= 0.3 is 5.97 Å². The quantitative estimate of drug-likeness (QED) is 0.205. The predicted molar refractivity (Wildman–Crippen MR) is 115 cm³/mol. The van der Waals surface area contributed by atoms with Crippen LogP contribution in [0.15, 0.2) is 0 Å². The predicted octanol–water partition coefficient (Wildman–Crippen LogP) is -0.0604. The van der Waals surface area contributed by atoms with Gasteiger partial charge in [-0.2, -0.15) is 0 Å². The summed E-state index contributed by atoms with van der Waals surface area (Å²) < 4.78 is 4.66. The summed E-state index contributed by atoms with van der Waals surface area (Å²) in [4.78, 5) is 26.6. The molecular formula is C20H43N5O3. The van der Waals surface area contributed by atoms with Crippen LogP contribution < -0.4 is 16.0 Å². The molecule has 0 rings (SSSR count). The highest BCUT2D eigenvalue weighted by Crippen LogP contribution is 1.96. The molecule has 8 heteroatoms. The van der Waals surface area contributed by atoms with Gasteiger partial charge in [-0.3, -0.25) is 14.5 Å². The van der Waals surface area contributed by atoms with Crippen molar-refractivity contribution in [2.45, 2.75) is 39.7 Å². The molecule has 0 radical (unpaired) electrons. The molecule has 0 aliphatic heterocycles. The SMILES string of the molecule is COC(=O)CCN(C)CCNCCN(CCNCCNCCC(C)=O)C(C)C. The number of hydrogen-bond acceptors (Lipinski definition) is 8. The molecule has 0 spiro atoms. The van der Waals surface area contributed by atoms with Crippen molar-refractivity contribution in [3.63, 3.8) is 0 Å². The van der Waals surface area contributed by atoms with Gasteiger partial charge in [-0.25, -0.2) is 0 Å². The van der Waals surface area contributed by atoms with Crippen molar-refractivity contribution in [3.8, 4) is 0 Å².